The van der Waals surface area contributed by atoms with E-state index in [4.69, 9.17) is 4.74 Å². The number of rotatable bonds is 6. The van der Waals surface area contributed by atoms with Crippen LogP contribution in [0.25, 0.3) is 10.9 Å². The van der Waals surface area contributed by atoms with Crippen molar-refractivity contribution in [3.05, 3.63) is 84.6 Å². The zero-order valence-corrected chi connectivity index (χ0v) is 18.4. The highest BCUT2D eigenvalue weighted by Crippen LogP contribution is 2.42. The van der Waals surface area contributed by atoms with E-state index >= 15 is 0 Å². The van der Waals surface area contributed by atoms with Gasteiger partial charge in [-0.3, -0.25) is 14.7 Å². The van der Waals surface area contributed by atoms with Gasteiger partial charge in [-0.2, -0.15) is 0 Å². The largest absolute Gasteiger partial charge is 0.497 e. The molecule has 3 fully saturated rings. The monoisotopic (exact) mass is 427 g/mol. The zero-order chi connectivity index (χ0) is 22.1. The Kier molecular flexibility index (Phi) is 5.66. The Labute approximate surface area is 189 Å². The maximum Gasteiger partial charge on any atom is 0.251 e. The summed E-state index contributed by atoms with van der Waals surface area (Å²) in [5.41, 5.74) is 2.72. The molecule has 4 heterocycles. The van der Waals surface area contributed by atoms with Gasteiger partial charge in [-0.15, -0.1) is 6.58 Å². The van der Waals surface area contributed by atoms with Crippen LogP contribution in [-0.4, -0.2) is 42.0 Å². The fraction of sp³-hybridized carbons (Fsp3) is 0.333. The van der Waals surface area contributed by atoms with Crippen LogP contribution in [0.4, 0.5) is 0 Å². The van der Waals surface area contributed by atoms with Crippen LogP contribution in [0.2, 0.25) is 0 Å². The number of nitrogens with one attached hydrogen (secondary N) is 1. The van der Waals surface area contributed by atoms with Crippen LogP contribution in [-0.2, 0) is 0 Å². The molecule has 32 heavy (non-hydrogen) atoms. The number of fused-ring (bicyclic) bond motifs is 4. The number of piperidine rings is 3. The van der Waals surface area contributed by atoms with Gasteiger partial charge < -0.3 is 10.1 Å². The second-order valence-corrected chi connectivity index (χ2v) is 8.84. The first kappa shape index (κ1) is 20.7. The van der Waals surface area contributed by atoms with Gasteiger partial charge in [-0.1, -0.05) is 24.3 Å². The number of para-hydroxylation sites is 1. The Morgan fingerprint density at radius 3 is 2.75 bits per heavy atom. The van der Waals surface area contributed by atoms with Crippen LogP contribution in [0, 0.1) is 11.8 Å². The Morgan fingerprint density at radius 1 is 1.22 bits per heavy atom. The summed E-state index contributed by atoms with van der Waals surface area (Å²) < 4.78 is 5.24. The molecule has 0 spiro atoms. The van der Waals surface area contributed by atoms with E-state index in [0.29, 0.717) is 17.4 Å². The van der Waals surface area contributed by atoms with E-state index in [1.165, 1.54) is 6.42 Å². The van der Waals surface area contributed by atoms with Gasteiger partial charge in [0.25, 0.3) is 5.91 Å². The molecule has 3 aromatic rings. The van der Waals surface area contributed by atoms with Crippen LogP contribution in [0.1, 0.15) is 34.8 Å². The summed E-state index contributed by atoms with van der Waals surface area (Å²) in [7, 11) is 1.63. The van der Waals surface area contributed by atoms with Gasteiger partial charge in [0.15, 0.2) is 0 Å². The molecule has 3 aliphatic heterocycles. The average molecular weight is 428 g/mol. The number of nitrogens with zero attached hydrogens (tertiary/aromatic N) is 2. The SMILES string of the molecule is C=C[C@H]1CN2CC[C@H]1C[C@@H]2[C@@H](NC(=O)c1ccc(OC)cc1)c1ccnc2ccccc12. The molecule has 5 nitrogen and oxygen atoms in total. The minimum Gasteiger partial charge on any atom is -0.497 e. The number of hydrogen-bond acceptors (Lipinski definition) is 4. The minimum absolute atomic E-state index is 0.0681. The van der Waals surface area contributed by atoms with E-state index in [2.05, 4.69) is 40.0 Å². The first-order valence-corrected chi connectivity index (χ1v) is 11.3. The van der Waals surface area contributed by atoms with Crippen molar-refractivity contribution in [2.75, 3.05) is 20.2 Å². The molecular weight excluding hydrogens is 398 g/mol. The number of amides is 1. The van der Waals surface area contributed by atoms with Gasteiger partial charge >= 0.3 is 0 Å². The lowest BCUT2D eigenvalue weighted by molar-refractivity contribution is 0.00171. The number of benzene rings is 2. The van der Waals surface area contributed by atoms with Crippen LogP contribution >= 0.6 is 0 Å². The van der Waals surface area contributed by atoms with Gasteiger partial charge in [0.1, 0.15) is 5.75 Å². The minimum atomic E-state index is -0.119. The molecule has 0 radical (unpaired) electrons. The Balaban J connectivity index is 1.52. The van der Waals surface area contributed by atoms with Crippen molar-refractivity contribution < 1.29 is 9.53 Å². The molecule has 3 saturated heterocycles. The van der Waals surface area contributed by atoms with Crippen molar-refractivity contribution in [2.24, 2.45) is 11.8 Å². The first-order valence-electron chi connectivity index (χ1n) is 11.3. The average Bonchev–Trinajstić information content (AvgIpc) is 2.87. The lowest BCUT2D eigenvalue weighted by Gasteiger charge is -2.51. The van der Waals surface area contributed by atoms with Crippen LogP contribution in [0.15, 0.2) is 73.4 Å². The van der Waals surface area contributed by atoms with E-state index in [1.807, 2.05) is 48.7 Å². The Morgan fingerprint density at radius 2 is 2.03 bits per heavy atom. The molecule has 5 atom stereocenters. The predicted octanol–water partition coefficient (Wildman–Crippen LogP) is 4.61. The second kappa shape index (κ2) is 8.75. The molecule has 6 rings (SSSR count). The summed E-state index contributed by atoms with van der Waals surface area (Å²) in [6, 6.07) is 17.7. The van der Waals surface area contributed by atoms with E-state index in [1.54, 1.807) is 7.11 Å². The number of carbonyl (C=O) groups is 1. The molecular formula is C27H29N3O2. The van der Waals surface area contributed by atoms with Crippen LogP contribution in [0.3, 0.4) is 0 Å². The number of aromatic nitrogens is 1. The number of hydrogen-bond donors (Lipinski definition) is 1. The quantitative estimate of drug-likeness (QED) is 0.584. The highest BCUT2D eigenvalue weighted by molar-refractivity contribution is 5.95. The molecule has 1 unspecified atom stereocenters. The van der Waals surface area contributed by atoms with Crippen molar-refractivity contribution in [3.8, 4) is 5.75 Å². The predicted molar refractivity (Wildman–Crippen MR) is 127 cm³/mol. The van der Waals surface area contributed by atoms with Gasteiger partial charge in [0, 0.05) is 29.7 Å². The van der Waals surface area contributed by atoms with Crippen LogP contribution < -0.4 is 10.1 Å². The number of pyridine rings is 1. The summed E-state index contributed by atoms with van der Waals surface area (Å²) in [6.07, 6.45) is 6.22. The fourth-order valence-electron chi connectivity index (χ4n) is 5.46. The number of methoxy groups -OCH3 is 1. The molecule has 2 bridgehead atoms. The zero-order valence-electron chi connectivity index (χ0n) is 18.4. The Bertz CT molecular complexity index is 1120. The molecule has 1 N–H and O–H groups in total. The Hall–Kier alpha value is -3.18. The van der Waals surface area contributed by atoms with E-state index < -0.39 is 0 Å². The van der Waals surface area contributed by atoms with Gasteiger partial charge in [0.2, 0.25) is 0 Å². The smallest absolute Gasteiger partial charge is 0.251 e. The molecule has 1 amide bonds. The van der Waals surface area contributed by atoms with E-state index in [-0.39, 0.29) is 18.0 Å². The highest BCUT2D eigenvalue weighted by Gasteiger charge is 2.43. The summed E-state index contributed by atoms with van der Waals surface area (Å²) in [5, 5.41) is 4.49. The third-order valence-electron chi connectivity index (χ3n) is 7.20. The summed E-state index contributed by atoms with van der Waals surface area (Å²) in [4.78, 5) is 20.4. The summed E-state index contributed by atoms with van der Waals surface area (Å²) in [5.74, 6) is 1.83. The lowest BCUT2D eigenvalue weighted by atomic mass is 9.73. The normalized spacial score (nSPS) is 25.3. The van der Waals surface area contributed by atoms with Crippen molar-refractivity contribution in [3.63, 3.8) is 0 Å². The van der Waals surface area contributed by atoms with Crippen molar-refractivity contribution in [1.29, 1.82) is 0 Å². The van der Waals surface area contributed by atoms with Crippen molar-refractivity contribution >= 4 is 16.8 Å². The topological polar surface area (TPSA) is 54.5 Å². The first-order chi connectivity index (χ1) is 15.7. The van der Waals surface area contributed by atoms with Crippen LogP contribution in [0.5, 0.6) is 5.75 Å². The molecule has 0 saturated carbocycles. The summed E-state index contributed by atoms with van der Waals surface area (Å²) in [6.45, 7) is 6.14. The lowest BCUT2D eigenvalue weighted by Crippen LogP contribution is -2.57. The van der Waals surface area contributed by atoms with Crippen molar-refractivity contribution in [1.82, 2.24) is 15.2 Å². The third-order valence-corrected chi connectivity index (χ3v) is 7.20. The third kappa shape index (κ3) is 3.78. The van der Waals surface area contributed by atoms with Gasteiger partial charge in [0.05, 0.1) is 18.7 Å². The molecule has 3 aliphatic rings. The summed E-state index contributed by atoms with van der Waals surface area (Å²) >= 11 is 0. The number of carbonyl (C=O) groups excluding carboxylic acids is 1. The molecule has 164 valence electrons. The van der Waals surface area contributed by atoms with Gasteiger partial charge in [-0.05, 0) is 73.2 Å². The maximum atomic E-state index is 13.3. The number of ether oxygens (including phenoxy) is 1. The fourth-order valence-corrected chi connectivity index (χ4v) is 5.46. The standard InChI is InChI=1S/C27H29N3O2/c1-3-18-17-30-15-13-20(18)16-25(30)26(23-12-14-28-24-7-5-4-6-22(23)24)29-27(31)19-8-10-21(32-2)11-9-19/h3-12,14,18,20,25-26H,1,13,15-17H2,2H3,(H,29,31)/t18-,20-,25+,26-/m0/s1. The second-order valence-electron chi connectivity index (χ2n) is 8.84. The molecule has 1 aromatic heterocycles. The van der Waals surface area contributed by atoms with E-state index in [9.17, 15) is 4.79 Å². The molecule has 0 aliphatic carbocycles. The molecule has 5 heteroatoms. The highest BCUT2D eigenvalue weighted by atomic mass is 16.5. The molecule has 2 aromatic carbocycles. The maximum absolute atomic E-state index is 13.3. The van der Waals surface area contributed by atoms with E-state index in [0.717, 1.165) is 41.7 Å². The van der Waals surface area contributed by atoms with Gasteiger partial charge in [-0.25, -0.2) is 0 Å². The van der Waals surface area contributed by atoms with Crippen molar-refractivity contribution in [2.45, 2.75) is 24.9 Å².